The molecule has 0 spiro atoms. The van der Waals surface area contributed by atoms with E-state index >= 15 is 0 Å². The van der Waals surface area contributed by atoms with Gasteiger partial charge in [0.1, 0.15) is 0 Å². The number of carbonyl (C=O) groups excluding carboxylic acids is 1. The number of fused-ring (bicyclic) bond motifs is 1. The fraction of sp³-hybridized carbons (Fsp3) is 0.500. The lowest BCUT2D eigenvalue weighted by Gasteiger charge is -2.35. The van der Waals surface area contributed by atoms with Gasteiger partial charge in [0.15, 0.2) is 0 Å². The predicted octanol–water partition coefficient (Wildman–Crippen LogP) is 2.58. The SMILES string of the molecule is CN1CCC(N(C)C(=O)CCn2ccc3ccccc32)CC1. The first-order valence-electron chi connectivity index (χ1n) is 8.13. The second kappa shape index (κ2) is 6.53. The van der Waals surface area contributed by atoms with Gasteiger partial charge in [0.25, 0.3) is 0 Å². The summed E-state index contributed by atoms with van der Waals surface area (Å²) < 4.78 is 2.18. The maximum atomic E-state index is 12.5. The topological polar surface area (TPSA) is 28.5 Å². The zero-order valence-electron chi connectivity index (χ0n) is 13.5. The number of hydrogen-bond donors (Lipinski definition) is 0. The molecule has 4 heteroatoms. The number of hydrogen-bond acceptors (Lipinski definition) is 2. The zero-order valence-corrected chi connectivity index (χ0v) is 13.5. The first kappa shape index (κ1) is 15.1. The quantitative estimate of drug-likeness (QED) is 0.868. The minimum absolute atomic E-state index is 0.257. The van der Waals surface area contributed by atoms with E-state index < -0.39 is 0 Å². The second-order valence-corrected chi connectivity index (χ2v) is 6.36. The number of rotatable bonds is 4. The molecule has 3 rings (SSSR count). The number of aromatic nitrogens is 1. The van der Waals surface area contributed by atoms with Crippen LogP contribution in [0.15, 0.2) is 36.5 Å². The van der Waals surface area contributed by atoms with Crippen molar-refractivity contribution in [3.8, 4) is 0 Å². The minimum atomic E-state index is 0.257. The number of amides is 1. The molecular weight excluding hydrogens is 274 g/mol. The van der Waals surface area contributed by atoms with Gasteiger partial charge < -0.3 is 14.4 Å². The number of piperidine rings is 1. The van der Waals surface area contributed by atoms with Gasteiger partial charge in [0.05, 0.1) is 0 Å². The van der Waals surface area contributed by atoms with Gasteiger partial charge in [0, 0.05) is 37.8 Å². The second-order valence-electron chi connectivity index (χ2n) is 6.36. The Hall–Kier alpha value is -1.81. The molecule has 0 unspecified atom stereocenters. The lowest BCUT2D eigenvalue weighted by atomic mass is 10.0. The summed E-state index contributed by atoms with van der Waals surface area (Å²) in [5, 5.41) is 1.23. The van der Waals surface area contributed by atoms with Crippen molar-refractivity contribution < 1.29 is 4.79 Å². The Kier molecular flexibility index (Phi) is 4.48. The number of carbonyl (C=O) groups is 1. The van der Waals surface area contributed by atoms with Crippen LogP contribution in [-0.2, 0) is 11.3 Å². The third kappa shape index (κ3) is 3.17. The van der Waals surface area contributed by atoms with Crippen molar-refractivity contribution in [1.29, 1.82) is 0 Å². The lowest BCUT2D eigenvalue weighted by Crippen LogP contribution is -2.44. The normalized spacial score (nSPS) is 17.0. The molecule has 0 saturated carbocycles. The molecule has 0 N–H and O–H groups in total. The Bertz CT molecular complexity index is 641. The molecule has 1 amide bonds. The highest BCUT2D eigenvalue weighted by Gasteiger charge is 2.23. The molecule has 118 valence electrons. The largest absolute Gasteiger partial charge is 0.347 e. The monoisotopic (exact) mass is 299 g/mol. The van der Waals surface area contributed by atoms with E-state index in [1.54, 1.807) is 0 Å². The van der Waals surface area contributed by atoms with Crippen LogP contribution in [0.4, 0.5) is 0 Å². The van der Waals surface area contributed by atoms with Crippen molar-refractivity contribution in [3.63, 3.8) is 0 Å². The van der Waals surface area contributed by atoms with Crippen molar-refractivity contribution in [3.05, 3.63) is 36.5 Å². The Morgan fingerprint density at radius 2 is 1.95 bits per heavy atom. The molecule has 1 aliphatic rings. The van der Waals surface area contributed by atoms with Crippen molar-refractivity contribution in [2.75, 3.05) is 27.2 Å². The van der Waals surface area contributed by atoms with Crippen molar-refractivity contribution in [2.24, 2.45) is 0 Å². The van der Waals surface area contributed by atoms with E-state index in [4.69, 9.17) is 0 Å². The molecule has 1 aliphatic heterocycles. The van der Waals surface area contributed by atoms with Crippen LogP contribution >= 0.6 is 0 Å². The molecule has 0 bridgehead atoms. The average Bonchev–Trinajstić information content (AvgIpc) is 2.96. The Balaban J connectivity index is 1.57. The minimum Gasteiger partial charge on any atom is -0.347 e. The number of likely N-dealkylation sites (tertiary alicyclic amines) is 1. The first-order chi connectivity index (χ1) is 10.6. The molecule has 0 atom stereocenters. The van der Waals surface area contributed by atoms with Gasteiger partial charge in [-0.3, -0.25) is 4.79 Å². The van der Waals surface area contributed by atoms with Gasteiger partial charge >= 0.3 is 0 Å². The fourth-order valence-corrected chi connectivity index (χ4v) is 3.31. The van der Waals surface area contributed by atoms with Crippen LogP contribution < -0.4 is 0 Å². The maximum Gasteiger partial charge on any atom is 0.224 e. The van der Waals surface area contributed by atoms with E-state index in [9.17, 15) is 4.79 Å². The van der Waals surface area contributed by atoms with E-state index in [1.807, 2.05) is 24.1 Å². The van der Waals surface area contributed by atoms with E-state index in [0.717, 1.165) is 32.5 Å². The molecule has 1 aromatic carbocycles. The van der Waals surface area contributed by atoms with E-state index in [1.165, 1.54) is 10.9 Å². The van der Waals surface area contributed by atoms with Gasteiger partial charge in [-0.2, -0.15) is 0 Å². The van der Waals surface area contributed by atoms with Gasteiger partial charge in [-0.15, -0.1) is 0 Å². The molecule has 0 radical (unpaired) electrons. The molecule has 22 heavy (non-hydrogen) atoms. The highest BCUT2D eigenvalue weighted by Crippen LogP contribution is 2.17. The van der Waals surface area contributed by atoms with E-state index in [-0.39, 0.29) is 5.91 Å². The Morgan fingerprint density at radius 3 is 2.73 bits per heavy atom. The molecule has 1 aromatic heterocycles. The lowest BCUT2D eigenvalue weighted by molar-refractivity contribution is -0.133. The summed E-state index contributed by atoms with van der Waals surface area (Å²) in [5.74, 6) is 0.257. The van der Waals surface area contributed by atoms with Crippen LogP contribution in [0.25, 0.3) is 10.9 Å². The van der Waals surface area contributed by atoms with Crippen LogP contribution in [0.1, 0.15) is 19.3 Å². The third-order valence-electron chi connectivity index (χ3n) is 4.88. The van der Waals surface area contributed by atoms with Crippen LogP contribution in [0.3, 0.4) is 0 Å². The molecular formula is C18H25N3O. The summed E-state index contributed by atoms with van der Waals surface area (Å²) in [6, 6.07) is 10.8. The van der Waals surface area contributed by atoms with Crippen molar-refractivity contribution >= 4 is 16.8 Å². The number of benzene rings is 1. The van der Waals surface area contributed by atoms with Gasteiger partial charge in [-0.05, 0) is 50.5 Å². The van der Waals surface area contributed by atoms with E-state index in [2.05, 4.69) is 40.9 Å². The summed E-state index contributed by atoms with van der Waals surface area (Å²) in [5.41, 5.74) is 1.21. The maximum absolute atomic E-state index is 12.5. The van der Waals surface area contributed by atoms with Crippen molar-refractivity contribution in [1.82, 2.24) is 14.4 Å². The summed E-state index contributed by atoms with van der Waals surface area (Å²) in [4.78, 5) is 16.8. The summed E-state index contributed by atoms with van der Waals surface area (Å²) in [6.07, 6.45) is 4.82. The Labute approximate surface area is 132 Å². The number of nitrogens with zero attached hydrogens (tertiary/aromatic N) is 3. The van der Waals surface area contributed by atoms with Crippen LogP contribution in [0, 0.1) is 0 Å². The van der Waals surface area contributed by atoms with E-state index in [0.29, 0.717) is 12.5 Å². The molecule has 1 fully saturated rings. The van der Waals surface area contributed by atoms with Crippen LogP contribution in [0.5, 0.6) is 0 Å². The molecule has 2 heterocycles. The molecule has 2 aromatic rings. The first-order valence-corrected chi connectivity index (χ1v) is 8.13. The zero-order chi connectivity index (χ0) is 15.5. The molecule has 0 aliphatic carbocycles. The van der Waals surface area contributed by atoms with Gasteiger partial charge in [-0.25, -0.2) is 0 Å². The number of para-hydroxylation sites is 1. The number of aryl methyl sites for hydroxylation is 1. The smallest absolute Gasteiger partial charge is 0.224 e. The molecule has 1 saturated heterocycles. The third-order valence-corrected chi connectivity index (χ3v) is 4.88. The predicted molar refractivity (Wildman–Crippen MR) is 89.8 cm³/mol. The van der Waals surface area contributed by atoms with Crippen molar-refractivity contribution in [2.45, 2.75) is 31.8 Å². The van der Waals surface area contributed by atoms with Gasteiger partial charge in [0.2, 0.25) is 5.91 Å². The Morgan fingerprint density at radius 1 is 1.23 bits per heavy atom. The van der Waals surface area contributed by atoms with Crippen LogP contribution in [0.2, 0.25) is 0 Å². The summed E-state index contributed by atoms with van der Waals surface area (Å²) in [6.45, 7) is 2.93. The van der Waals surface area contributed by atoms with Crippen LogP contribution in [-0.4, -0.2) is 53.5 Å². The summed E-state index contributed by atoms with van der Waals surface area (Å²) >= 11 is 0. The molecule has 4 nitrogen and oxygen atoms in total. The summed E-state index contributed by atoms with van der Waals surface area (Å²) in [7, 11) is 4.11. The highest BCUT2D eigenvalue weighted by atomic mass is 16.2. The average molecular weight is 299 g/mol. The standard InChI is InChI=1S/C18H25N3O/c1-19-11-8-16(9-12-19)20(2)18(22)10-14-21-13-7-15-5-3-4-6-17(15)21/h3-7,13,16H,8-12,14H2,1-2H3. The fourth-order valence-electron chi connectivity index (χ4n) is 3.31. The highest BCUT2D eigenvalue weighted by molar-refractivity contribution is 5.80. The van der Waals surface area contributed by atoms with Gasteiger partial charge in [-0.1, -0.05) is 18.2 Å².